The minimum absolute atomic E-state index is 0. The van der Waals surface area contributed by atoms with Gasteiger partial charge in [-0.2, -0.15) is 5.10 Å². The van der Waals surface area contributed by atoms with Crippen LogP contribution in [0, 0.1) is 5.92 Å². The standard InChI is InChI=1S/C23H29N5O2S.HI/c1-18(17-28-11-3-9-26-28)16-25-23(24-10-8-20-5-2-14-31-20)27-19-6-7-21-22(15-19)30-13-4-12-29-21;/h2-3,5-7,9,11,14-15,18H,4,8,10,12-13,16-17H2,1H3,(H2,24,25,27);1H. The van der Waals surface area contributed by atoms with E-state index in [0.717, 1.165) is 49.1 Å². The van der Waals surface area contributed by atoms with E-state index in [1.807, 2.05) is 35.1 Å². The highest BCUT2D eigenvalue weighted by molar-refractivity contribution is 14.0. The Morgan fingerprint density at radius 2 is 2.09 bits per heavy atom. The lowest BCUT2D eigenvalue weighted by molar-refractivity contribution is 0.297. The molecule has 2 N–H and O–H groups in total. The molecule has 1 atom stereocenters. The van der Waals surface area contributed by atoms with E-state index in [1.54, 1.807) is 17.5 Å². The lowest BCUT2D eigenvalue weighted by atomic mass is 10.2. The Morgan fingerprint density at radius 1 is 1.22 bits per heavy atom. The van der Waals surface area contributed by atoms with Crippen molar-refractivity contribution in [3.05, 3.63) is 59.0 Å². The predicted octanol–water partition coefficient (Wildman–Crippen LogP) is 4.66. The third-order valence-electron chi connectivity index (χ3n) is 4.87. The van der Waals surface area contributed by atoms with Gasteiger partial charge in [-0.05, 0) is 42.0 Å². The van der Waals surface area contributed by atoms with Gasteiger partial charge in [-0.1, -0.05) is 13.0 Å². The van der Waals surface area contributed by atoms with Crippen LogP contribution in [-0.2, 0) is 13.0 Å². The molecule has 7 nitrogen and oxygen atoms in total. The molecule has 1 unspecified atom stereocenters. The molecule has 1 aliphatic rings. The van der Waals surface area contributed by atoms with Crippen LogP contribution in [-0.4, -0.2) is 42.0 Å². The van der Waals surface area contributed by atoms with E-state index >= 15 is 0 Å². The second-order valence-corrected chi connectivity index (χ2v) is 8.65. The molecule has 3 heterocycles. The Labute approximate surface area is 210 Å². The van der Waals surface area contributed by atoms with Gasteiger partial charge in [0.2, 0.25) is 0 Å². The average molecular weight is 567 g/mol. The van der Waals surface area contributed by atoms with Gasteiger partial charge in [-0.3, -0.25) is 9.67 Å². The van der Waals surface area contributed by atoms with Crippen LogP contribution in [0.1, 0.15) is 18.2 Å². The van der Waals surface area contributed by atoms with Crippen molar-refractivity contribution in [1.29, 1.82) is 0 Å². The average Bonchev–Trinajstić information content (AvgIpc) is 3.42. The molecule has 0 radical (unpaired) electrons. The molecule has 2 aromatic heterocycles. The number of hydrogen-bond acceptors (Lipinski definition) is 5. The second kappa shape index (κ2) is 12.7. The predicted molar refractivity (Wildman–Crippen MR) is 141 cm³/mol. The number of aromatic nitrogens is 2. The molecule has 0 saturated carbocycles. The fourth-order valence-corrected chi connectivity index (χ4v) is 4.02. The van der Waals surface area contributed by atoms with E-state index in [-0.39, 0.29) is 24.0 Å². The van der Waals surface area contributed by atoms with Gasteiger partial charge < -0.3 is 20.1 Å². The molecular formula is C23H30IN5O2S. The molecule has 4 rings (SSSR count). The summed E-state index contributed by atoms with van der Waals surface area (Å²) >= 11 is 1.78. The van der Waals surface area contributed by atoms with Crippen LogP contribution in [0.15, 0.2) is 59.2 Å². The molecule has 0 bridgehead atoms. The smallest absolute Gasteiger partial charge is 0.195 e. The quantitative estimate of drug-likeness (QED) is 0.236. The van der Waals surface area contributed by atoms with Gasteiger partial charge in [0.15, 0.2) is 17.5 Å². The first-order valence-electron chi connectivity index (χ1n) is 10.7. The monoisotopic (exact) mass is 567 g/mol. The first kappa shape index (κ1) is 24.4. The molecule has 0 saturated heterocycles. The van der Waals surface area contributed by atoms with Crippen LogP contribution in [0.25, 0.3) is 0 Å². The number of anilines is 1. The summed E-state index contributed by atoms with van der Waals surface area (Å²) in [6.07, 6.45) is 5.64. The lowest BCUT2D eigenvalue weighted by Gasteiger charge is -2.16. The molecule has 1 aromatic carbocycles. The molecule has 1 aliphatic heterocycles. The van der Waals surface area contributed by atoms with Gasteiger partial charge in [0.25, 0.3) is 0 Å². The van der Waals surface area contributed by atoms with Crippen LogP contribution in [0.5, 0.6) is 11.5 Å². The number of halogens is 1. The fraction of sp³-hybridized carbons (Fsp3) is 0.391. The first-order valence-corrected chi connectivity index (χ1v) is 11.6. The van der Waals surface area contributed by atoms with Crippen LogP contribution < -0.4 is 20.1 Å². The minimum atomic E-state index is 0. The Kier molecular flexibility index (Phi) is 9.66. The summed E-state index contributed by atoms with van der Waals surface area (Å²) in [7, 11) is 0. The number of benzene rings is 1. The maximum Gasteiger partial charge on any atom is 0.195 e. The van der Waals surface area contributed by atoms with Crippen molar-refractivity contribution in [3.63, 3.8) is 0 Å². The van der Waals surface area contributed by atoms with Crippen LogP contribution in [0.4, 0.5) is 5.69 Å². The summed E-state index contributed by atoms with van der Waals surface area (Å²) in [6.45, 7) is 5.88. The lowest BCUT2D eigenvalue weighted by Crippen LogP contribution is -2.33. The first-order chi connectivity index (χ1) is 15.3. The summed E-state index contributed by atoms with van der Waals surface area (Å²) in [6, 6.07) is 12.1. The van der Waals surface area contributed by atoms with E-state index in [2.05, 4.69) is 40.2 Å². The molecule has 0 amide bonds. The molecule has 9 heteroatoms. The van der Waals surface area contributed by atoms with Gasteiger partial charge in [-0.25, -0.2) is 0 Å². The Bertz CT molecular complexity index is 963. The molecule has 172 valence electrons. The zero-order valence-electron chi connectivity index (χ0n) is 18.2. The molecule has 0 fully saturated rings. The molecule has 0 spiro atoms. The van der Waals surface area contributed by atoms with Gasteiger partial charge in [0.05, 0.1) is 13.2 Å². The van der Waals surface area contributed by atoms with E-state index in [1.165, 1.54) is 4.88 Å². The highest BCUT2D eigenvalue weighted by Crippen LogP contribution is 2.32. The Balaban J connectivity index is 0.00000289. The Morgan fingerprint density at radius 3 is 2.88 bits per heavy atom. The zero-order valence-corrected chi connectivity index (χ0v) is 21.3. The van der Waals surface area contributed by atoms with E-state index in [9.17, 15) is 0 Å². The number of thiophene rings is 1. The van der Waals surface area contributed by atoms with Crippen LogP contribution in [0.3, 0.4) is 0 Å². The maximum atomic E-state index is 5.82. The number of guanidine groups is 1. The third kappa shape index (κ3) is 7.40. The third-order valence-corrected chi connectivity index (χ3v) is 5.81. The van der Waals surface area contributed by atoms with E-state index in [4.69, 9.17) is 14.5 Å². The molecule has 32 heavy (non-hydrogen) atoms. The number of ether oxygens (including phenoxy) is 2. The zero-order chi connectivity index (χ0) is 21.3. The van der Waals surface area contributed by atoms with Crippen molar-refractivity contribution >= 4 is 47.0 Å². The van der Waals surface area contributed by atoms with Crippen molar-refractivity contribution in [2.24, 2.45) is 10.9 Å². The number of rotatable bonds is 8. The normalized spacial score (nSPS) is 14.2. The second-order valence-electron chi connectivity index (χ2n) is 7.62. The van der Waals surface area contributed by atoms with Crippen molar-refractivity contribution in [1.82, 2.24) is 15.1 Å². The van der Waals surface area contributed by atoms with E-state index in [0.29, 0.717) is 25.7 Å². The minimum Gasteiger partial charge on any atom is -0.490 e. The topological polar surface area (TPSA) is 72.7 Å². The number of nitrogens with one attached hydrogen (secondary N) is 2. The Hall–Kier alpha value is -2.27. The summed E-state index contributed by atoms with van der Waals surface area (Å²) in [5.41, 5.74) is 0.923. The summed E-state index contributed by atoms with van der Waals surface area (Å²) < 4.78 is 13.5. The highest BCUT2D eigenvalue weighted by atomic mass is 127. The van der Waals surface area contributed by atoms with Crippen LogP contribution in [0.2, 0.25) is 0 Å². The van der Waals surface area contributed by atoms with Crippen molar-refractivity contribution in [3.8, 4) is 11.5 Å². The van der Waals surface area contributed by atoms with Crippen molar-refractivity contribution < 1.29 is 9.47 Å². The van der Waals surface area contributed by atoms with E-state index < -0.39 is 0 Å². The van der Waals surface area contributed by atoms with Crippen LogP contribution >= 0.6 is 35.3 Å². The van der Waals surface area contributed by atoms with Gasteiger partial charge in [-0.15, -0.1) is 35.3 Å². The molecule has 0 aliphatic carbocycles. The molecule has 3 aromatic rings. The van der Waals surface area contributed by atoms with Crippen molar-refractivity contribution in [2.45, 2.75) is 26.3 Å². The number of nitrogens with zero attached hydrogens (tertiary/aromatic N) is 3. The summed E-state index contributed by atoms with van der Waals surface area (Å²) in [4.78, 5) is 6.19. The van der Waals surface area contributed by atoms with Gasteiger partial charge in [0.1, 0.15) is 0 Å². The highest BCUT2D eigenvalue weighted by Gasteiger charge is 2.12. The SMILES string of the molecule is CC(CN=C(NCCc1cccs1)Nc1ccc2c(c1)OCCCO2)Cn1cccn1.I. The van der Waals surface area contributed by atoms with Gasteiger partial charge >= 0.3 is 0 Å². The summed E-state index contributed by atoms with van der Waals surface area (Å²) in [5, 5.41) is 13.3. The van der Waals surface area contributed by atoms with Gasteiger partial charge in [0, 0.05) is 55.1 Å². The molecular weight excluding hydrogens is 537 g/mol. The largest absolute Gasteiger partial charge is 0.490 e. The summed E-state index contributed by atoms with van der Waals surface area (Å²) in [5.74, 6) is 2.69. The number of fused-ring (bicyclic) bond motifs is 1. The van der Waals surface area contributed by atoms with Crippen molar-refractivity contribution in [2.75, 3.05) is 31.6 Å². The number of aliphatic imine (C=N–C) groups is 1. The maximum absolute atomic E-state index is 5.82. The number of hydrogen-bond donors (Lipinski definition) is 2. The fourth-order valence-electron chi connectivity index (χ4n) is 3.31.